The van der Waals surface area contributed by atoms with Gasteiger partial charge in [-0.1, -0.05) is 35.9 Å². The Bertz CT molecular complexity index is 863. The van der Waals surface area contributed by atoms with E-state index < -0.39 is 0 Å². The number of carbonyl (C=O) groups excluding carboxylic acids is 2. The summed E-state index contributed by atoms with van der Waals surface area (Å²) in [5, 5.41) is 3.04. The van der Waals surface area contributed by atoms with Crippen LogP contribution in [0.3, 0.4) is 0 Å². The highest BCUT2D eigenvalue weighted by Crippen LogP contribution is 2.24. The van der Waals surface area contributed by atoms with Crippen LogP contribution in [0.1, 0.15) is 42.0 Å². The Balaban J connectivity index is 1.22. The number of hydrazine groups is 1. The number of hydrogen-bond acceptors (Lipinski definition) is 5. The molecule has 2 atom stereocenters. The molecule has 2 saturated heterocycles. The first kappa shape index (κ1) is 20.5. The minimum Gasteiger partial charge on any atom is -0.352 e. The monoisotopic (exact) mass is 407 g/mol. The maximum Gasteiger partial charge on any atom is 0.241 e. The molecule has 2 amide bonds. The van der Waals surface area contributed by atoms with Crippen LogP contribution < -0.4 is 16.2 Å². The lowest BCUT2D eigenvalue weighted by molar-refractivity contribution is -0.137. The molecule has 30 heavy (non-hydrogen) atoms. The molecule has 2 unspecified atom stereocenters. The molecule has 0 radical (unpaired) electrons. The van der Waals surface area contributed by atoms with Gasteiger partial charge in [0.05, 0.1) is 0 Å². The number of piperidine rings is 1. The summed E-state index contributed by atoms with van der Waals surface area (Å²) in [6.07, 6.45) is 5.68. The highest BCUT2D eigenvalue weighted by atomic mass is 16.2. The molecule has 0 spiro atoms. The van der Waals surface area contributed by atoms with Crippen molar-refractivity contribution < 1.29 is 9.59 Å². The summed E-state index contributed by atoms with van der Waals surface area (Å²) >= 11 is 0. The van der Waals surface area contributed by atoms with Gasteiger partial charge in [-0.3, -0.25) is 14.6 Å². The lowest BCUT2D eigenvalue weighted by Gasteiger charge is -2.32. The number of nitrogens with one attached hydrogen (secondary N) is 3. The maximum atomic E-state index is 12.9. The normalized spacial score (nSPS) is 22.1. The van der Waals surface area contributed by atoms with E-state index in [0.29, 0.717) is 38.9 Å². The average molecular weight is 408 g/mol. The summed E-state index contributed by atoms with van der Waals surface area (Å²) < 4.78 is 0. The van der Waals surface area contributed by atoms with E-state index in [1.807, 2.05) is 42.3 Å². The molecule has 2 aromatic rings. The van der Waals surface area contributed by atoms with Crippen LogP contribution >= 0.6 is 0 Å². The van der Waals surface area contributed by atoms with Crippen LogP contribution in [0.4, 0.5) is 0 Å². The van der Waals surface area contributed by atoms with E-state index in [4.69, 9.17) is 0 Å². The van der Waals surface area contributed by atoms with E-state index in [1.54, 1.807) is 6.20 Å². The molecule has 7 nitrogen and oxygen atoms in total. The molecule has 0 bridgehead atoms. The average Bonchev–Trinajstić information content (AvgIpc) is 3.29. The molecule has 7 heteroatoms. The van der Waals surface area contributed by atoms with E-state index in [2.05, 4.69) is 33.3 Å². The number of aryl methyl sites for hydroxylation is 1. The van der Waals surface area contributed by atoms with Crippen molar-refractivity contribution in [3.05, 3.63) is 65.5 Å². The molecule has 1 aromatic heterocycles. The Morgan fingerprint density at radius 3 is 2.60 bits per heavy atom. The predicted molar refractivity (Wildman–Crippen MR) is 114 cm³/mol. The van der Waals surface area contributed by atoms with Gasteiger partial charge in [0.15, 0.2) is 0 Å². The lowest BCUT2D eigenvalue weighted by atomic mass is 9.94. The van der Waals surface area contributed by atoms with E-state index in [1.165, 1.54) is 5.56 Å². The second-order valence-electron chi connectivity index (χ2n) is 8.22. The van der Waals surface area contributed by atoms with E-state index in [9.17, 15) is 9.59 Å². The molecular formula is C23H29N5O2. The zero-order chi connectivity index (χ0) is 20.9. The van der Waals surface area contributed by atoms with E-state index in [-0.39, 0.29) is 29.8 Å². The van der Waals surface area contributed by atoms with Gasteiger partial charge in [-0.15, -0.1) is 0 Å². The molecule has 1 aromatic carbocycles. The summed E-state index contributed by atoms with van der Waals surface area (Å²) in [7, 11) is 0. The Kier molecular flexibility index (Phi) is 6.40. The number of pyridine rings is 1. The minimum absolute atomic E-state index is 0.0303. The van der Waals surface area contributed by atoms with Gasteiger partial charge >= 0.3 is 0 Å². The van der Waals surface area contributed by atoms with Crippen molar-refractivity contribution in [3.8, 4) is 0 Å². The number of aromatic nitrogens is 1. The van der Waals surface area contributed by atoms with Crippen LogP contribution in [-0.4, -0.2) is 40.8 Å². The third kappa shape index (κ3) is 4.86. The first-order chi connectivity index (χ1) is 14.6. The number of carbonyl (C=O) groups is 2. The van der Waals surface area contributed by atoms with Gasteiger partial charge in [0.25, 0.3) is 0 Å². The minimum atomic E-state index is -0.248. The van der Waals surface area contributed by atoms with Crippen molar-refractivity contribution >= 4 is 11.8 Å². The Morgan fingerprint density at radius 1 is 1.13 bits per heavy atom. The molecule has 4 rings (SSSR count). The molecule has 3 heterocycles. The van der Waals surface area contributed by atoms with Crippen LogP contribution in [-0.2, 0) is 16.1 Å². The summed E-state index contributed by atoms with van der Waals surface area (Å²) in [4.78, 5) is 31.5. The van der Waals surface area contributed by atoms with E-state index in [0.717, 1.165) is 11.1 Å². The highest BCUT2D eigenvalue weighted by molar-refractivity contribution is 5.83. The van der Waals surface area contributed by atoms with Crippen LogP contribution in [0.2, 0.25) is 0 Å². The quantitative estimate of drug-likeness (QED) is 0.704. The predicted octanol–water partition coefficient (Wildman–Crippen LogP) is 1.85. The number of rotatable bonds is 5. The zero-order valence-electron chi connectivity index (χ0n) is 17.3. The highest BCUT2D eigenvalue weighted by Gasteiger charge is 2.35. The van der Waals surface area contributed by atoms with Crippen molar-refractivity contribution in [2.24, 2.45) is 5.92 Å². The Morgan fingerprint density at radius 2 is 1.90 bits per heavy atom. The van der Waals surface area contributed by atoms with Crippen molar-refractivity contribution in [1.29, 1.82) is 0 Å². The number of benzene rings is 1. The standard InChI is InChI=1S/C23H29N5O2/c1-16-4-6-17(7-5-16)14-25-22(29)18-8-11-28(12-9-18)23(30)21-13-20(26-27-21)19-3-2-10-24-15-19/h2-7,10,15,18,20-21,26-27H,8-9,11-14H2,1H3,(H,25,29). The molecule has 2 fully saturated rings. The Labute approximate surface area is 177 Å². The summed E-state index contributed by atoms with van der Waals surface area (Å²) in [5.74, 6) is 0.157. The topological polar surface area (TPSA) is 86.4 Å². The van der Waals surface area contributed by atoms with Crippen LogP contribution in [0.15, 0.2) is 48.8 Å². The van der Waals surface area contributed by atoms with Crippen molar-refractivity contribution in [1.82, 2.24) is 26.1 Å². The molecule has 158 valence electrons. The largest absolute Gasteiger partial charge is 0.352 e. The SMILES string of the molecule is Cc1ccc(CNC(=O)C2CCN(C(=O)C3CC(c4cccnc4)NN3)CC2)cc1. The fraction of sp³-hybridized carbons (Fsp3) is 0.435. The van der Waals surface area contributed by atoms with Crippen LogP contribution in [0.5, 0.6) is 0 Å². The summed E-state index contributed by atoms with van der Waals surface area (Å²) in [6, 6.07) is 11.9. The first-order valence-electron chi connectivity index (χ1n) is 10.6. The maximum absolute atomic E-state index is 12.9. The van der Waals surface area contributed by atoms with E-state index >= 15 is 0 Å². The molecule has 2 aliphatic heterocycles. The molecule has 2 aliphatic rings. The van der Waals surface area contributed by atoms with Crippen molar-refractivity contribution in [2.75, 3.05) is 13.1 Å². The van der Waals surface area contributed by atoms with Crippen molar-refractivity contribution in [2.45, 2.75) is 44.8 Å². The van der Waals surface area contributed by atoms with Gasteiger partial charge in [0, 0.05) is 44.0 Å². The fourth-order valence-electron chi connectivity index (χ4n) is 4.14. The van der Waals surface area contributed by atoms with Gasteiger partial charge in [0.1, 0.15) is 6.04 Å². The van der Waals surface area contributed by atoms with Gasteiger partial charge < -0.3 is 10.2 Å². The van der Waals surface area contributed by atoms with Gasteiger partial charge in [-0.2, -0.15) is 0 Å². The summed E-state index contributed by atoms with van der Waals surface area (Å²) in [5.41, 5.74) is 9.72. The number of hydrogen-bond donors (Lipinski definition) is 3. The second kappa shape index (κ2) is 9.36. The third-order valence-corrected chi connectivity index (χ3v) is 6.05. The van der Waals surface area contributed by atoms with Crippen LogP contribution in [0, 0.1) is 12.8 Å². The molecule has 3 N–H and O–H groups in total. The summed E-state index contributed by atoms with van der Waals surface area (Å²) in [6.45, 7) is 3.84. The zero-order valence-corrected chi connectivity index (χ0v) is 17.3. The van der Waals surface area contributed by atoms with Crippen molar-refractivity contribution in [3.63, 3.8) is 0 Å². The first-order valence-corrected chi connectivity index (χ1v) is 10.6. The van der Waals surface area contributed by atoms with Crippen LogP contribution in [0.25, 0.3) is 0 Å². The number of nitrogens with zero attached hydrogens (tertiary/aromatic N) is 2. The Hall–Kier alpha value is -2.77. The van der Waals surface area contributed by atoms with Gasteiger partial charge in [0.2, 0.25) is 11.8 Å². The van der Waals surface area contributed by atoms with Gasteiger partial charge in [-0.25, -0.2) is 10.9 Å². The fourth-order valence-corrected chi connectivity index (χ4v) is 4.14. The molecule has 0 aliphatic carbocycles. The smallest absolute Gasteiger partial charge is 0.241 e. The van der Waals surface area contributed by atoms with Gasteiger partial charge in [-0.05, 0) is 43.4 Å². The lowest BCUT2D eigenvalue weighted by Crippen LogP contribution is -2.49. The molecule has 0 saturated carbocycles. The third-order valence-electron chi connectivity index (χ3n) is 6.05. The number of amides is 2. The second-order valence-corrected chi connectivity index (χ2v) is 8.22. The number of likely N-dealkylation sites (tertiary alicyclic amines) is 1. The molecular weight excluding hydrogens is 378 g/mol.